The Hall–Kier alpha value is -3.36. The Kier molecular flexibility index (Phi) is 8.40. The van der Waals surface area contributed by atoms with Crippen molar-refractivity contribution in [3.8, 4) is 17.2 Å². The fourth-order valence-electron chi connectivity index (χ4n) is 3.11. The molecule has 0 aliphatic heterocycles. The molecule has 0 fully saturated rings. The van der Waals surface area contributed by atoms with Crippen molar-refractivity contribution in [2.75, 3.05) is 7.11 Å². The van der Waals surface area contributed by atoms with Crippen molar-refractivity contribution >= 4 is 11.9 Å². The minimum Gasteiger partial charge on any atom is -0.503 e. The number of ether oxygens (including phenoxy) is 3. The summed E-state index contributed by atoms with van der Waals surface area (Å²) in [6.45, 7) is 8.68. The lowest BCUT2D eigenvalue weighted by Crippen LogP contribution is -2.45. The second-order valence-corrected chi connectivity index (χ2v) is 7.78. The first-order valence-electron chi connectivity index (χ1n) is 10.2. The van der Waals surface area contributed by atoms with Gasteiger partial charge < -0.3 is 24.6 Å². The van der Waals surface area contributed by atoms with E-state index in [2.05, 4.69) is 10.3 Å². The molecule has 9 heteroatoms. The minimum atomic E-state index is -1.02. The van der Waals surface area contributed by atoms with Crippen LogP contribution < -0.4 is 14.8 Å². The summed E-state index contributed by atoms with van der Waals surface area (Å²) in [5.74, 6) is -1.74. The van der Waals surface area contributed by atoms with Gasteiger partial charge in [0.1, 0.15) is 29.8 Å². The van der Waals surface area contributed by atoms with Crippen molar-refractivity contribution in [3.63, 3.8) is 0 Å². The first-order valence-corrected chi connectivity index (χ1v) is 10.2. The van der Waals surface area contributed by atoms with Crippen LogP contribution in [-0.2, 0) is 9.53 Å². The van der Waals surface area contributed by atoms with Gasteiger partial charge >= 0.3 is 5.97 Å². The SMILES string of the molecule is COc1ccnc(C(=O)N[C@@H](C)C(=O)O[C@H](C(C)C)[C@H](C)Oc2ccc(F)cc2C)c1O. The number of amides is 1. The van der Waals surface area contributed by atoms with E-state index >= 15 is 0 Å². The van der Waals surface area contributed by atoms with Crippen LogP contribution >= 0.6 is 0 Å². The predicted molar refractivity (Wildman–Crippen MR) is 115 cm³/mol. The fourth-order valence-corrected chi connectivity index (χ4v) is 3.11. The van der Waals surface area contributed by atoms with E-state index in [0.717, 1.165) is 0 Å². The maximum absolute atomic E-state index is 13.3. The molecule has 0 saturated heterocycles. The largest absolute Gasteiger partial charge is 0.503 e. The van der Waals surface area contributed by atoms with Crippen LogP contribution in [0.1, 0.15) is 43.7 Å². The van der Waals surface area contributed by atoms with Crippen LogP contribution in [-0.4, -0.2) is 47.3 Å². The molecule has 174 valence electrons. The number of nitrogens with one attached hydrogen (secondary N) is 1. The number of carbonyl (C=O) groups is 2. The number of aryl methyl sites for hydroxylation is 1. The van der Waals surface area contributed by atoms with Gasteiger partial charge in [0, 0.05) is 12.3 Å². The Morgan fingerprint density at radius 1 is 1.12 bits per heavy atom. The first kappa shape index (κ1) is 24.9. The molecule has 1 aromatic heterocycles. The molecule has 8 nitrogen and oxygen atoms in total. The number of rotatable bonds is 9. The van der Waals surface area contributed by atoms with Gasteiger partial charge in [-0.2, -0.15) is 0 Å². The topological polar surface area (TPSA) is 107 Å². The third kappa shape index (κ3) is 6.09. The van der Waals surface area contributed by atoms with E-state index in [9.17, 15) is 19.1 Å². The number of carbonyl (C=O) groups excluding carboxylic acids is 2. The maximum Gasteiger partial charge on any atom is 0.328 e. The predicted octanol–water partition coefficient (Wildman–Crippen LogP) is 3.40. The van der Waals surface area contributed by atoms with Gasteiger partial charge in [-0.05, 0) is 50.5 Å². The van der Waals surface area contributed by atoms with E-state index < -0.39 is 35.9 Å². The molecule has 0 unspecified atom stereocenters. The maximum atomic E-state index is 13.3. The van der Waals surface area contributed by atoms with Gasteiger partial charge in [-0.3, -0.25) is 4.79 Å². The summed E-state index contributed by atoms with van der Waals surface area (Å²) >= 11 is 0. The van der Waals surface area contributed by atoms with Gasteiger partial charge in [0.25, 0.3) is 5.91 Å². The number of pyridine rings is 1. The summed E-state index contributed by atoms with van der Waals surface area (Å²) in [5.41, 5.74) is 0.352. The van der Waals surface area contributed by atoms with Crippen LogP contribution in [0.3, 0.4) is 0 Å². The fraction of sp³-hybridized carbons (Fsp3) is 0.435. The Morgan fingerprint density at radius 2 is 1.81 bits per heavy atom. The van der Waals surface area contributed by atoms with Crippen LogP contribution in [0.5, 0.6) is 17.2 Å². The molecule has 0 spiro atoms. The van der Waals surface area contributed by atoms with Gasteiger partial charge in [-0.15, -0.1) is 0 Å². The first-order chi connectivity index (χ1) is 15.0. The highest BCUT2D eigenvalue weighted by Gasteiger charge is 2.30. The quantitative estimate of drug-likeness (QED) is 0.566. The monoisotopic (exact) mass is 448 g/mol. The van der Waals surface area contributed by atoms with Crippen LogP contribution in [0.25, 0.3) is 0 Å². The molecule has 0 aliphatic rings. The highest BCUT2D eigenvalue weighted by molar-refractivity contribution is 5.97. The highest BCUT2D eigenvalue weighted by Crippen LogP contribution is 2.27. The number of benzene rings is 1. The lowest BCUT2D eigenvalue weighted by molar-refractivity contribution is -0.158. The Morgan fingerprint density at radius 3 is 2.41 bits per heavy atom. The molecule has 32 heavy (non-hydrogen) atoms. The smallest absolute Gasteiger partial charge is 0.328 e. The molecule has 1 aromatic carbocycles. The van der Waals surface area contributed by atoms with Crippen molar-refractivity contribution in [2.24, 2.45) is 5.92 Å². The van der Waals surface area contributed by atoms with Crippen molar-refractivity contribution in [2.45, 2.75) is 52.9 Å². The van der Waals surface area contributed by atoms with Crippen LogP contribution in [0.2, 0.25) is 0 Å². The van der Waals surface area contributed by atoms with Crippen molar-refractivity contribution in [3.05, 3.63) is 47.5 Å². The average Bonchev–Trinajstić information content (AvgIpc) is 2.73. The Balaban J connectivity index is 2.06. The normalized spacial score (nSPS) is 13.8. The summed E-state index contributed by atoms with van der Waals surface area (Å²) in [7, 11) is 1.35. The zero-order valence-corrected chi connectivity index (χ0v) is 19.0. The van der Waals surface area contributed by atoms with E-state index in [1.165, 1.54) is 44.5 Å². The third-order valence-electron chi connectivity index (χ3n) is 4.85. The molecular formula is C23H29FN2O6. The number of nitrogens with zero attached hydrogens (tertiary/aromatic N) is 1. The number of esters is 1. The van der Waals surface area contributed by atoms with Crippen LogP contribution in [0, 0.1) is 18.7 Å². The molecule has 1 heterocycles. The van der Waals surface area contributed by atoms with Crippen LogP contribution in [0.4, 0.5) is 4.39 Å². The van der Waals surface area contributed by atoms with Crippen molar-refractivity contribution in [1.82, 2.24) is 10.3 Å². The lowest BCUT2D eigenvalue weighted by atomic mass is 10.0. The second kappa shape index (κ2) is 10.8. The van der Waals surface area contributed by atoms with Gasteiger partial charge in [-0.25, -0.2) is 14.2 Å². The van der Waals surface area contributed by atoms with E-state index in [0.29, 0.717) is 11.3 Å². The molecule has 3 atom stereocenters. The molecule has 0 bridgehead atoms. The molecule has 0 saturated carbocycles. The summed E-state index contributed by atoms with van der Waals surface area (Å²) in [6.07, 6.45) is 0.145. The van der Waals surface area contributed by atoms with Gasteiger partial charge in [0.2, 0.25) is 0 Å². The van der Waals surface area contributed by atoms with E-state index in [4.69, 9.17) is 14.2 Å². The zero-order chi connectivity index (χ0) is 24.0. The summed E-state index contributed by atoms with van der Waals surface area (Å²) < 4.78 is 29.8. The van der Waals surface area contributed by atoms with Gasteiger partial charge in [0.15, 0.2) is 17.2 Å². The molecule has 0 aliphatic carbocycles. The number of hydrogen-bond donors (Lipinski definition) is 2. The van der Waals surface area contributed by atoms with Crippen LogP contribution in [0.15, 0.2) is 30.5 Å². The third-order valence-corrected chi connectivity index (χ3v) is 4.85. The number of aromatic hydroxyl groups is 1. The molecule has 0 radical (unpaired) electrons. The number of hydrogen-bond acceptors (Lipinski definition) is 7. The Bertz CT molecular complexity index is 965. The van der Waals surface area contributed by atoms with E-state index in [1.807, 2.05) is 13.8 Å². The van der Waals surface area contributed by atoms with Crippen molar-refractivity contribution < 1.29 is 33.3 Å². The molecule has 2 rings (SSSR count). The zero-order valence-electron chi connectivity index (χ0n) is 19.0. The summed E-state index contributed by atoms with van der Waals surface area (Å²) in [6, 6.07) is 4.57. The van der Waals surface area contributed by atoms with Gasteiger partial charge in [-0.1, -0.05) is 13.8 Å². The van der Waals surface area contributed by atoms with Gasteiger partial charge in [0.05, 0.1) is 7.11 Å². The summed E-state index contributed by atoms with van der Waals surface area (Å²) in [5, 5.41) is 12.5. The second-order valence-electron chi connectivity index (χ2n) is 7.78. The number of methoxy groups -OCH3 is 1. The summed E-state index contributed by atoms with van der Waals surface area (Å²) in [4.78, 5) is 28.9. The number of aromatic nitrogens is 1. The average molecular weight is 448 g/mol. The highest BCUT2D eigenvalue weighted by atomic mass is 19.1. The van der Waals surface area contributed by atoms with E-state index in [1.54, 1.807) is 13.8 Å². The Labute approximate surface area is 186 Å². The standard InChI is InChI=1S/C23H29FN2O6/c1-12(2)21(15(5)31-17-8-7-16(24)11-13(17)3)32-23(29)14(4)26-22(28)19-20(27)18(30-6)9-10-25-19/h7-12,14-15,21,27H,1-6H3,(H,26,28)/t14-,15-,21+/m0/s1. The molecule has 2 aromatic rings. The molecular weight excluding hydrogens is 419 g/mol. The molecule has 1 amide bonds. The van der Waals surface area contributed by atoms with E-state index in [-0.39, 0.29) is 23.2 Å². The minimum absolute atomic E-state index is 0.0855. The van der Waals surface area contributed by atoms with Crippen molar-refractivity contribution in [1.29, 1.82) is 0 Å². The molecule has 2 N–H and O–H groups in total. The number of halogens is 1. The lowest BCUT2D eigenvalue weighted by Gasteiger charge is -2.29.